The average Bonchev–Trinajstić information content (AvgIpc) is 2.88. The van der Waals surface area contributed by atoms with Gasteiger partial charge in [-0.2, -0.15) is 0 Å². The molecule has 0 heterocycles. The normalized spacial score (nSPS) is 11.2. The molecule has 0 saturated heterocycles. The molecule has 0 unspecified atom stereocenters. The Balaban J connectivity index is 1.69. The standard InChI is InChI=1S/C28H26NO3P/c30-21-23-11-10-12-24(28(23)31)22-32-19-20-33(26-15-6-2-7-16-26,27-17-8-3-9-18-27)29-25-13-4-1-5-14-25/h1-18,21,31H,19-20,22H2. The second-order valence-electron chi connectivity index (χ2n) is 7.63. The van der Waals surface area contributed by atoms with Crippen molar-refractivity contribution in [2.75, 3.05) is 12.8 Å². The third-order valence-corrected chi connectivity index (χ3v) is 9.21. The van der Waals surface area contributed by atoms with E-state index in [0.29, 0.717) is 24.6 Å². The molecule has 0 fully saturated rings. The monoisotopic (exact) mass is 455 g/mol. The molecule has 0 atom stereocenters. The summed E-state index contributed by atoms with van der Waals surface area (Å²) in [5.74, 6) is -0.0198. The molecule has 0 saturated carbocycles. The number of phenolic OH excluding ortho intramolecular Hbond substituents is 1. The number of carbonyl (C=O) groups is 1. The van der Waals surface area contributed by atoms with Crippen LogP contribution < -0.4 is 10.6 Å². The number of ether oxygens (including phenoxy) is 1. The topological polar surface area (TPSA) is 58.9 Å². The van der Waals surface area contributed by atoms with Crippen LogP contribution in [-0.2, 0) is 11.3 Å². The fourth-order valence-electron chi connectivity index (χ4n) is 3.82. The lowest BCUT2D eigenvalue weighted by molar-refractivity contribution is 0.111. The summed E-state index contributed by atoms with van der Waals surface area (Å²) >= 11 is 0. The van der Waals surface area contributed by atoms with Crippen LogP contribution in [0.5, 0.6) is 5.75 Å². The summed E-state index contributed by atoms with van der Waals surface area (Å²) in [7, 11) is -2.19. The van der Waals surface area contributed by atoms with Crippen molar-refractivity contribution in [1.82, 2.24) is 0 Å². The molecule has 0 radical (unpaired) electrons. The third-order valence-electron chi connectivity index (χ3n) is 5.50. The maximum atomic E-state index is 11.1. The number of nitrogens with zero attached hydrogens (tertiary/aromatic N) is 1. The van der Waals surface area contributed by atoms with E-state index in [4.69, 9.17) is 9.48 Å². The molecule has 33 heavy (non-hydrogen) atoms. The van der Waals surface area contributed by atoms with Crippen molar-refractivity contribution in [2.24, 2.45) is 4.74 Å². The molecule has 4 rings (SSSR count). The van der Waals surface area contributed by atoms with Crippen molar-refractivity contribution in [3.63, 3.8) is 0 Å². The predicted molar refractivity (Wildman–Crippen MR) is 136 cm³/mol. The zero-order valence-corrected chi connectivity index (χ0v) is 19.1. The molecule has 4 nitrogen and oxygen atoms in total. The van der Waals surface area contributed by atoms with Gasteiger partial charge in [0, 0.05) is 18.8 Å². The molecule has 4 aromatic carbocycles. The van der Waals surface area contributed by atoms with E-state index in [-0.39, 0.29) is 17.9 Å². The minimum absolute atomic E-state index is 0.0198. The van der Waals surface area contributed by atoms with Crippen LogP contribution in [0, 0.1) is 0 Å². The van der Waals surface area contributed by atoms with E-state index in [1.807, 2.05) is 42.5 Å². The first-order valence-corrected chi connectivity index (χ1v) is 12.8. The number of benzene rings is 4. The number of phenols is 1. The summed E-state index contributed by atoms with van der Waals surface area (Å²) in [6, 6.07) is 36.0. The number of rotatable bonds is 9. The SMILES string of the molecule is O=Cc1cccc(COCCP(=Nc2ccccc2)(c2ccccc2)c2ccccc2)c1O. The van der Waals surface area contributed by atoms with Gasteiger partial charge in [0.25, 0.3) is 0 Å². The Morgan fingerprint density at radius 2 is 1.33 bits per heavy atom. The molecule has 1 N–H and O–H groups in total. The fourth-order valence-corrected chi connectivity index (χ4v) is 7.21. The van der Waals surface area contributed by atoms with Gasteiger partial charge in [-0.1, -0.05) is 91.0 Å². The Morgan fingerprint density at radius 3 is 1.91 bits per heavy atom. The van der Waals surface area contributed by atoms with Gasteiger partial charge in [-0.25, -0.2) is 0 Å². The van der Waals surface area contributed by atoms with Crippen LogP contribution in [0.1, 0.15) is 15.9 Å². The first-order valence-electron chi connectivity index (χ1n) is 10.8. The Morgan fingerprint density at radius 1 is 0.758 bits per heavy atom. The Kier molecular flexibility index (Phi) is 7.51. The zero-order chi connectivity index (χ0) is 22.9. The summed E-state index contributed by atoms with van der Waals surface area (Å²) in [4.78, 5) is 11.1. The molecule has 0 bridgehead atoms. The minimum atomic E-state index is -2.19. The summed E-state index contributed by atoms with van der Waals surface area (Å²) < 4.78 is 11.4. The molecule has 5 heteroatoms. The molecule has 4 aromatic rings. The second kappa shape index (κ2) is 10.9. The van der Waals surface area contributed by atoms with Gasteiger partial charge in [-0.05, 0) is 28.8 Å². The minimum Gasteiger partial charge on any atom is -0.507 e. The summed E-state index contributed by atoms with van der Waals surface area (Å²) in [6.45, 7) is 0.682. The molecule has 166 valence electrons. The van der Waals surface area contributed by atoms with Crippen LogP contribution in [0.2, 0.25) is 0 Å². The van der Waals surface area contributed by atoms with Crippen LogP contribution in [0.4, 0.5) is 5.69 Å². The first-order chi connectivity index (χ1) is 16.2. The van der Waals surface area contributed by atoms with Gasteiger partial charge in [0.2, 0.25) is 0 Å². The lowest BCUT2D eigenvalue weighted by Gasteiger charge is -2.26. The largest absolute Gasteiger partial charge is 0.507 e. The fraction of sp³-hybridized carbons (Fsp3) is 0.107. The number of hydrogen-bond acceptors (Lipinski definition) is 4. The molecule has 0 aliphatic carbocycles. The van der Waals surface area contributed by atoms with Gasteiger partial charge in [0.15, 0.2) is 6.29 Å². The van der Waals surface area contributed by atoms with E-state index in [0.717, 1.165) is 5.69 Å². The first kappa shape index (κ1) is 22.7. The molecule has 0 aliphatic rings. The maximum absolute atomic E-state index is 11.1. The van der Waals surface area contributed by atoms with E-state index >= 15 is 0 Å². The number of aromatic hydroxyl groups is 1. The highest BCUT2D eigenvalue weighted by molar-refractivity contribution is 7.81. The lowest BCUT2D eigenvalue weighted by atomic mass is 10.1. The van der Waals surface area contributed by atoms with E-state index < -0.39 is 7.05 Å². The van der Waals surface area contributed by atoms with Crippen molar-refractivity contribution in [2.45, 2.75) is 6.61 Å². The molecule has 0 aromatic heterocycles. The number of hydrogen-bond donors (Lipinski definition) is 1. The summed E-state index contributed by atoms with van der Waals surface area (Å²) in [6.07, 6.45) is 1.36. The van der Waals surface area contributed by atoms with Gasteiger partial charge in [-0.15, -0.1) is 0 Å². The van der Waals surface area contributed by atoms with Gasteiger partial charge in [0.05, 0.1) is 24.5 Å². The van der Waals surface area contributed by atoms with Crippen LogP contribution in [-0.4, -0.2) is 24.2 Å². The average molecular weight is 455 g/mol. The van der Waals surface area contributed by atoms with Gasteiger partial charge >= 0.3 is 0 Å². The summed E-state index contributed by atoms with van der Waals surface area (Å²) in [5.41, 5.74) is 1.81. The van der Waals surface area contributed by atoms with Crippen LogP contribution in [0.3, 0.4) is 0 Å². The highest BCUT2D eigenvalue weighted by Gasteiger charge is 2.25. The van der Waals surface area contributed by atoms with Crippen molar-refractivity contribution in [3.05, 3.63) is 120 Å². The Labute approximate surface area is 194 Å². The predicted octanol–water partition coefficient (Wildman–Crippen LogP) is 5.91. The van der Waals surface area contributed by atoms with Gasteiger partial charge < -0.3 is 9.84 Å². The smallest absolute Gasteiger partial charge is 0.153 e. The van der Waals surface area contributed by atoms with Crippen LogP contribution in [0.25, 0.3) is 0 Å². The molecular weight excluding hydrogens is 429 g/mol. The Bertz CT molecular complexity index is 1200. The van der Waals surface area contributed by atoms with Crippen molar-refractivity contribution in [3.8, 4) is 5.75 Å². The molecule has 0 amide bonds. The number of carbonyl (C=O) groups excluding carboxylic acids is 1. The van der Waals surface area contributed by atoms with E-state index in [1.54, 1.807) is 18.2 Å². The molecular formula is C28H26NO3P. The maximum Gasteiger partial charge on any atom is 0.153 e. The van der Waals surface area contributed by atoms with Crippen molar-refractivity contribution < 1.29 is 14.6 Å². The van der Waals surface area contributed by atoms with Crippen LogP contribution in [0.15, 0.2) is 114 Å². The van der Waals surface area contributed by atoms with E-state index in [2.05, 4.69) is 48.5 Å². The van der Waals surface area contributed by atoms with Crippen LogP contribution >= 0.6 is 7.05 Å². The molecule has 0 aliphatic heterocycles. The number of aldehydes is 1. The van der Waals surface area contributed by atoms with E-state index in [1.165, 1.54) is 10.6 Å². The molecule has 0 spiro atoms. The van der Waals surface area contributed by atoms with Crippen molar-refractivity contribution >= 4 is 29.6 Å². The Hall–Kier alpha value is -3.46. The highest BCUT2D eigenvalue weighted by Crippen LogP contribution is 2.49. The quantitative estimate of drug-likeness (QED) is 0.194. The zero-order valence-electron chi connectivity index (χ0n) is 18.2. The van der Waals surface area contributed by atoms with Gasteiger partial charge in [0.1, 0.15) is 5.75 Å². The van der Waals surface area contributed by atoms with Crippen molar-refractivity contribution in [1.29, 1.82) is 0 Å². The van der Waals surface area contributed by atoms with Gasteiger partial charge in [-0.3, -0.25) is 9.54 Å². The number of para-hydroxylation sites is 1. The highest BCUT2D eigenvalue weighted by atomic mass is 31.2. The third kappa shape index (κ3) is 5.31. The lowest BCUT2D eigenvalue weighted by Crippen LogP contribution is -2.21. The van der Waals surface area contributed by atoms with E-state index in [9.17, 15) is 9.90 Å². The second-order valence-corrected chi connectivity index (χ2v) is 10.8. The summed E-state index contributed by atoms with van der Waals surface area (Å²) in [5, 5.41) is 12.7.